The lowest BCUT2D eigenvalue weighted by molar-refractivity contribution is 0.176. The van der Waals surface area contributed by atoms with Crippen LogP contribution in [0.15, 0.2) is 21.4 Å². The summed E-state index contributed by atoms with van der Waals surface area (Å²) in [5.74, 6) is 0.554. The number of ether oxygens (including phenoxy) is 1. The molecule has 1 saturated heterocycles. The van der Waals surface area contributed by atoms with Crippen LogP contribution < -0.4 is 5.32 Å². The largest absolute Gasteiger partial charge is 0.457 e. The molecular formula is C11H16BrNO2. The highest BCUT2D eigenvalue weighted by molar-refractivity contribution is 9.10. The van der Waals surface area contributed by atoms with Crippen molar-refractivity contribution in [2.24, 2.45) is 5.92 Å². The molecule has 84 valence electrons. The van der Waals surface area contributed by atoms with Gasteiger partial charge in [-0.3, -0.25) is 0 Å². The molecule has 1 N–H and O–H groups in total. The Kier molecular flexibility index (Phi) is 3.83. The first-order valence-corrected chi connectivity index (χ1v) is 6.16. The van der Waals surface area contributed by atoms with Gasteiger partial charge in [-0.05, 0) is 35.0 Å². The zero-order chi connectivity index (χ0) is 10.7. The van der Waals surface area contributed by atoms with E-state index in [-0.39, 0.29) is 0 Å². The van der Waals surface area contributed by atoms with Crippen LogP contribution in [-0.2, 0) is 4.74 Å². The second-order valence-corrected chi connectivity index (χ2v) is 4.53. The van der Waals surface area contributed by atoms with Crippen molar-refractivity contribution in [1.29, 1.82) is 0 Å². The third-order valence-corrected chi connectivity index (χ3v) is 3.49. The van der Waals surface area contributed by atoms with Crippen LogP contribution in [-0.4, -0.2) is 19.8 Å². The Morgan fingerprint density at radius 2 is 2.53 bits per heavy atom. The first kappa shape index (κ1) is 11.2. The second-order valence-electron chi connectivity index (χ2n) is 3.81. The molecule has 1 aliphatic heterocycles. The fourth-order valence-electron chi connectivity index (χ4n) is 2.09. The molecule has 3 nitrogen and oxygen atoms in total. The number of furan rings is 1. The maximum Gasteiger partial charge on any atom is 0.173 e. The lowest BCUT2D eigenvalue weighted by atomic mass is 9.94. The van der Waals surface area contributed by atoms with E-state index >= 15 is 0 Å². The molecule has 2 unspecified atom stereocenters. The first-order valence-electron chi connectivity index (χ1n) is 5.37. The van der Waals surface area contributed by atoms with Gasteiger partial charge in [0.1, 0.15) is 0 Å². The van der Waals surface area contributed by atoms with Crippen molar-refractivity contribution in [3.63, 3.8) is 0 Å². The van der Waals surface area contributed by atoms with Gasteiger partial charge in [-0.2, -0.15) is 0 Å². The first-order chi connectivity index (χ1) is 7.33. The smallest absolute Gasteiger partial charge is 0.173 e. The highest BCUT2D eigenvalue weighted by Gasteiger charge is 2.28. The molecule has 2 heterocycles. The van der Waals surface area contributed by atoms with Crippen molar-refractivity contribution in [1.82, 2.24) is 5.32 Å². The minimum absolute atomic E-state index is 0.339. The van der Waals surface area contributed by atoms with Gasteiger partial charge in [0.25, 0.3) is 0 Å². The van der Waals surface area contributed by atoms with Crippen molar-refractivity contribution in [3.8, 4) is 0 Å². The van der Waals surface area contributed by atoms with E-state index < -0.39 is 0 Å². The third kappa shape index (κ3) is 2.44. The summed E-state index contributed by atoms with van der Waals surface area (Å²) >= 11 is 3.44. The topological polar surface area (TPSA) is 34.4 Å². The highest BCUT2D eigenvalue weighted by Crippen LogP contribution is 2.33. The zero-order valence-corrected chi connectivity index (χ0v) is 10.4. The molecule has 4 heteroatoms. The van der Waals surface area contributed by atoms with Crippen LogP contribution in [0.25, 0.3) is 0 Å². The Hall–Kier alpha value is -0.320. The molecule has 0 aliphatic carbocycles. The van der Waals surface area contributed by atoms with E-state index in [2.05, 4.69) is 28.2 Å². The summed E-state index contributed by atoms with van der Waals surface area (Å²) < 4.78 is 11.6. The van der Waals surface area contributed by atoms with Crippen LogP contribution in [0.5, 0.6) is 0 Å². The van der Waals surface area contributed by atoms with E-state index in [4.69, 9.17) is 9.15 Å². The third-order valence-electron chi connectivity index (χ3n) is 2.84. The fraction of sp³-hybridized carbons (Fsp3) is 0.636. The van der Waals surface area contributed by atoms with Crippen molar-refractivity contribution < 1.29 is 9.15 Å². The van der Waals surface area contributed by atoms with Gasteiger partial charge in [0.15, 0.2) is 4.67 Å². The zero-order valence-electron chi connectivity index (χ0n) is 8.83. The Labute approximate surface area is 98.3 Å². The van der Waals surface area contributed by atoms with Crippen molar-refractivity contribution >= 4 is 15.9 Å². The molecule has 1 aromatic rings. The lowest BCUT2D eigenvalue weighted by Crippen LogP contribution is -2.28. The van der Waals surface area contributed by atoms with Crippen molar-refractivity contribution in [3.05, 3.63) is 22.6 Å². The lowest BCUT2D eigenvalue weighted by Gasteiger charge is -2.22. The van der Waals surface area contributed by atoms with Crippen LogP contribution in [0.1, 0.15) is 24.9 Å². The average molecular weight is 274 g/mol. The molecule has 1 aromatic heterocycles. The van der Waals surface area contributed by atoms with Gasteiger partial charge in [0.2, 0.25) is 0 Å². The van der Waals surface area contributed by atoms with E-state index in [1.165, 1.54) is 5.56 Å². The van der Waals surface area contributed by atoms with Gasteiger partial charge >= 0.3 is 0 Å². The molecule has 0 saturated carbocycles. The minimum atomic E-state index is 0.339. The summed E-state index contributed by atoms with van der Waals surface area (Å²) in [7, 11) is 0. The number of hydrogen-bond acceptors (Lipinski definition) is 3. The number of nitrogens with one attached hydrogen (secondary N) is 1. The Morgan fingerprint density at radius 1 is 1.67 bits per heavy atom. The molecule has 0 radical (unpaired) electrons. The molecule has 2 atom stereocenters. The van der Waals surface area contributed by atoms with E-state index in [0.29, 0.717) is 12.0 Å². The number of hydrogen-bond donors (Lipinski definition) is 1. The number of rotatable bonds is 4. The summed E-state index contributed by atoms with van der Waals surface area (Å²) in [5.41, 5.74) is 1.20. The van der Waals surface area contributed by atoms with Gasteiger partial charge in [0.05, 0.1) is 12.9 Å². The van der Waals surface area contributed by atoms with Crippen LogP contribution in [0.3, 0.4) is 0 Å². The van der Waals surface area contributed by atoms with Gasteiger partial charge in [-0.1, -0.05) is 6.92 Å². The van der Waals surface area contributed by atoms with Gasteiger partial charge < -0.3 is 14.5 Å². The van der Waals surface area contributed by atoms with Gasteiger partial charge in [-0.25, -0.2) is 0 Å². The molecule has 15 heavy (non-hydrogen) atoms. The number of halogens is 1. The summed E-state index contributed by atoms with van der Waals surface area (Å²) in [6.45, 7) is 4.80. The Morgan fingerprint density at radius 3 is 3.07 bits per heavy atom. The SMILES string of the molecule is CCNC(c1ccoc1Br)C1CCOC1. The molecular weight excluding hydrogens is 258 g/mol. The van der Waals surface area contributed by atoms with Crippen LogP contribution in [0.4, 0.5) is 0 Å². The Bertz CT molecular complexity index is 307. The predicted octanol–water partition coefficient (Wildman–Crippen LogP) is 2.73. The predicted molar refractivity (Wildman–Crippen MR) is 61.8 cm³/mol. The van der Waals surface area contributed by atoms with Crippen molar-refractivity contribution in [2.75, 3.05) is 19.8 Å². The molecule has 0 spiro atoms. The molecule has 0 amide bonds. The summed E-state index contributed by atoms with van der Waals surface area (Å²) in [5, 5.41) is 3.50. The van der Waals surface area contributed by atoms with Crippen LogP contribution in [0.2, 0.25) is 0 Å². The monoisotopic (exact) mass is 273 g/mol. The summed E-state index contributed by atoms with van der Waals surface area (Å²) in [6, 6.07) is 2.36. The van der Waals surface area contributed by atoms with E-state index in [1.807, 2.05) is 6.07 Å². The average Bonchev–Trinajstić information content (AvgIpc) is 2.85. The minimum Gasteiger partial charge on any atom is -0.457 e. The molecule has 1 fully saturated rings. The molecule has 2 rings (SSSR count). The van der Waals surface area contributed by atoms with Crippen LogP contribution >= 0.6 is 15.9 Å². The standard InChI is InChI=1S/C11H16BrNO2/c1-2-13-10(8-3-5-14-7-8)9-4-6-15-11(9)12/h4,6,8,10,13H,2-3,5,7H2,1H3. The second kappa shape index (κ2) is 5.14. The van der Waals surface area contributed by atoms with E-state index in [0.717, 1.165) is 30.8 Å². The Balaban J connectivity index is 2.15. The van der Waals surface area contributed by atoms with E-state index in [9.17, 15) is 0 Å². The molecule has 0 bridgehead atoms. The van der Waals surface area contributed by atoms with Gasteiger partial charge in [-0.15, -0.1) is 0 Å². The highest BCUT2D eigenvalue weighted by atomic mass is 79.9. The van der Waals surface area contributed by atoms with E-state index in [1.54, 1.807) is 6.26 Å². The van der Waals surface area contributed by atoms with Gasteiger partial charge in [0, 0.05) is 24.1 Å². The quantitative estimate of drug-likeness (QED) is 0.916. The maximum absolute atomic E-state index is 5.44. The summed E-state index contributed by atoms with van der Waals surface area (Å²) in [6.07, 6.45) is 2.84. The summed E-state index contributed by atoms with van der Waals surface area (Å²) in [4.78, 5) is 0. The van der Waals surface area contributed by atoms with Crippen molar-refractivity contribution in [2.45, 2.75) is 19.4 Å². The fourth-order valence-corrected chi connectivity index (χ4v) is 2.58. The van der Waals surface area contributed by atoms with Crippen LogP contribution in [0, 0.1) is 5.92 Å². The molecule has 0 aromatic carbocycles. The molecule has 1 aliphatic rings. The maximum atomic E-state index is 5.44. The normalized spacial score (nSPS) is 23.2.